The lowest BCUT2D eigenvalue weighted by Gasteiger charge is -2.32. The fourth-order valence-electron chi connectivity index (χ4n) is 7.90. The molecule has 3 aliphatic heterocycles. The number of unbranched alkanes of at least 4 members (excludes halogenated alkanes) is 4. The normalized spacial score (nSPS) is 22.8. The number of nitrogens with zero attached hydrogens (tertiary/aromatic N) is 2. The number of nitrogens with one attached hydrogen (secondary N) is 5. The molecule has 1 saturated carbocycles. The number of aliphatic hydroxyl groups excluding tert-OH is 1. The van der Waals surface area contributed by atoms with Crippen LogP contribution in [0.1, 0.15) is 96.3 Å². The number of carbonyl (C=O) groups excluding carboxylic acids is 8. The maximum absolute atomic E-state index is 13.1. The van der Waals surface area contributed by atoms with Gasteiger partial charge in [0.25, 0.3) is 11.8 Å². The second-order valence-corrected chi connectivity index (χ2v) is 17.1. The standard InChI is InChI=1S/C42H59N7O9S/c50-34(44-27-28-14-16-29(17-15-28)39(55)43-22-24-48-36(52)20-21-37(48)53)13-7-2-8-23-49-38(54)26-33(42(49)58)59-25-9-3-6-12-31(40(56)45-30-10-4-1-5-11-30)47-41(57)32-18-19-35(51)46-32/h1,4-5,10-11,20-21,28-29,31-33,39,43,55H,2-3,6-9,12-19,22-27H2,(H,44,50)(H,45,56)(H,46,51)(H,47,57)/t28?,29?,31-,32+,33?,39?/m0/s1. The number of thioether (sulfide) groups is 1. The van der Waals surface area contributed by atoms with Gasteiger partial charge in [0, 0.05) is 63.3 Å². The SMILES string of the molecule is O=C(CCCCCN1C(=O)CC(SCCCCC[C@H](NC(=O)[C@H]2CCC(=O)N2)C(=O)Nc2ccccc2)C1=O)NCC1CCC(C(O)NCCN2C(=O)C=CC2=O)CC1. The first-order valence-electron chi connectivity index (χ1n) is 21.1. The highest BCUT2D eigenvalue weighted by molar-refractivity contribution is 8.00. The van der Waals surface area contributed by atoms with Crippen molar-refractivity contribution in [3.8, 4) is 0 Å². The topological polar surface area (TPSA) is 223 Å². The van der Waals surface area contributed by atoms with E-state index in [4.69, 9.17) is 0 Å². The minimum Gasteiger partial charge on any atom is -0.378 e. The summed E-state index contributed by atoms with van der Waals surface area (Å²) >= 11 is 1.47. The van der Waals surface area contributed by atoms with E-state index in [2.05, 4.69) is 26.6 Å². The van der Waals surface area contributed by atoms with Gasteiger partial charge >= 0.3 is 0 Å². The number of carbonyl (C=O) groups is 8. The van der Waals surface area contributed by atoms with Crippen LogP contribution in [0.5, 0.6) is 0 Å². The number of anilines is 1. The molecule has 322 valence electrons. The van der Waals surface area contributed by atoms with Gasteiger partial charge in [-0.2, -0.15) is 0 Å². The fraction of sp³-hybridized carbons (Fsp3) is 0.619. The largest absolute Gasteiger partial charge is 0.378 e. The highest BCUT2D eigenvalue weighted by atomic mass is 32.2. The molecular weight excluding hydrogens is 779 g/mol. The van der Waals surface area contributed by atoms with Gasteiger partial charge in [-0.1, -0.05) is 37.5 Å². The zero-order chi connectivity index (χ0) is 42.1. The third kappa shape index (κ3) is 14.3. The zero-order valence-corrected chi connectivity index (χ0v) is 34.5. The van der Waals surface area contributed by atoms with Crippen molar-refractivity contribution in [2.75, 3.05) is 37.2 Å². The van der Waals surface area contributed by atoms with E-state index in [-0.39, 0.29) is 72.6 Å². The van der Waals surface area contributed by atoms with Crippen LogP contribution < -0.4 is 26.6 Å². The van der Waals surface area contributed by atoms with Crippen molar-refractivity contribution >= 4 is 64.7 Å². The second-order valence-electron chi connectivity index (χ2n) is 15.8. The molecule has 0 spiro atoms. The summed E-state index contributed by atoms with van der Waals surface area (Å²) < 4.78 is 0. The molecule has 17 heteroatoms. The molecule has 1 aliphatic carbocycles. The number of rotatable bonds is 24. The van der Waals surface area contributed by atoms with Crippen LogP contribution >= 0.6 is 11.8 Å². The van der Waals surface area contributed by atoms with E-state index in [0.717, 1.165) is 49.8 Å². The Bertz CT molecular complexity index is 1670. The van der Waals surface area contributed by atoms with Crippen LogP contribution in [-0.4, -0.2) is 118 Å². The van der Waals surface area contributed by atoms with Crippen molar-refractivity contribution < 1.29 is 43.5 Å². The van der Waals surface area contributed by atoms with Gasteiger partial charge in [-0.15, -0.1) is 11.8 Å². The van der Waals surface area contributed by atoms with Crippen LogP contribution in [0.15, 0.2) is 42.5 Å². The summed E-state index contributed by atoms with van der Waals surface area (Å²) in [6.45, 7) is 1.46. The molecule has 0 aromatic heterocycles. The van der Waals surface area contributed by atoms with Gasteiger partial charge in [0.05, 0.1) is 5.25 Å². The highest BCUT2D eigenvalue weighted by Crippen LogP contribution is 2.30. The van der Waals surface area contributed by atoms with E-state index in [1.54, 1.807) is 24.3 Å². The zero-order valence-electron chi connectivity index (χ0n) is 33.7. The summed E-state index contributed by atoms with van der Waals surface area (Å²) in [6.07, 6.45) is 11.0. The minimum absolute atomic E-state index is 0.0195. The number of likely N-dealkylation sites (tertiary alicyclic amines) is 1. The van der Waals surface area contributed by atoms with Crippen molar-refractivity contribution in [3.05, 3.63) is 42.5 Å². The molecule has 6 N–H and O–H groups in total. The van der Waals surface area contributed by atoms with Crippen LogP contribution in [-0.2, 0) is 38.4 Å². The molecule has 4 atom stereocenters. The summed E-state index contributed by atoms with van der Waals surface area (Å²) in [5.41, 5.74) is 0.621. The van der Waals surface area contributed by atoms with Crippen LogP contribution in [0.2, 0.25) is 0 Å². The van der Waals surface area contributed by atoms with E-state index >= 15 is 0 Å². The van der Waals surface area contributed by atoms with E-state index in [9.17, 15) is 43.5 Å². The summed E-state index contributed by atoms with van der Waals surface area (Å²) in [5, 5.41) is 24.5. The molecule has 3 fully saturated rings. The molecule has 8 amide bonds. The van der Waals surface area contributed by atoms with Crippen LogP contribution in [0.4, 0.5) is 5.69 Å². The molecule has 0 radical (unpaired) electrons. The Morgan fingerprint density at radius 2 is 1.58 bits per heavy atom. The predicted octanol–water partition coefficient (Wildman–Crippen LogP) is 2.13. The molecule has 1 aromatic rings. The molecule has 0 bridgehead atoms. The minimum atomic E-state index is -0.771. The van der Waals surface area contributed by atoms with Gasteiger partial charge in [-0.3, -0.25) is 53.5 Å². The smallest absolute Gasteiger partial charge is 0.253 e. The maximum atomic E-state index is 13.1. The Morgan fingerprint density at radius 1 is 0.847 bits per heavy atom. The van der Waals surface area contributed by atoms with Gasteiger partial charge in [0.1, 0.15) is 18.3 Å². The van der Waals surface area contributed by atoms with Crippen LogP contribution in [0, 0.1) is 11.8 Å². The number of hydrogen-bond donors (Lipinski definition) is 6. The Morgan fingerprint density at radius 3 is 2.29 bits per heavy atom. The van der Waals surface area contributed by atoms with Crippen molar-refractivity contribution in [3.63, 3.8) is 0 Å². The third-order valence-corrected chi connectivity index (χ3v) is 12.7. The lowest BCUT2D eigenvalue weighted by atomic mass is 9.81. The van der Waals surface area contributed by atoms with Crippen molar-refractivity contribution in [2.45, 2.75) is 120 Å². The Labute approximate surface area is 349 Å². The number of amides is 8. The first-order valence-corrected chi connectivity index (χ1v) is 22.2. The molecule has 2 saturated heterocycles. The monoisotopic (exact) mass is 837 g/mol. The first-order chi connectivity index (χ1) is 28.5. The van der Waals surface area contributed by atoms with Crippen LogP contribution in [0.3, 0.4) is 0 Å². The fourth-order valence-corrected chi connectivity index (χ4v) is 9.09. The van der Waals surface area contributed by atoms with Gasteiger partial charge in [-0.05, 0) is 87.5 Å². The quantitative estimate of drug-likeness (QED) is 0.0503. The maximum Gasteiger partial charge on any atom is 0.253 e. The lowest BCUT2D eigenvalue weighted by Crippen LogP contribution is -2.50. The first kappa shape index (κ1) is 45.5. The average Bonchev–Trinajstić information content (AvgIpc) is 3.89. The highest BCUT2D eigenvalue weighted by Gasteiger charge is 2.38. The Hall–Kier alpha value is -4.61. The van der Waals surface area contributed by atoms with E-state index in [1.165, 1.54) is 28.8 Å². The molecule has 5 rings (SSSR count). The third-order valence-electron chi connectivity index (χ3n) is 11.4. The summed E-state index contributed by atoms with van der Waals surface area (Å²) in [6, 6.07) is 7.57. The Kier molecular flexibility index (Phi) is 17.9. The van der Waals surface area contributed by atoms with E-state index in [0.29, 0.717) is 75.5 Å². The van der Waals surface area contributed by atoms with Crippen molar-refractivity contribution in [1.82, 2.24) is 31.1 Å². The number of aliphatic hydroxyl groups is 1. The molecule has 16 nitrogen and oxygen atoms in total. The van der Waals surface area contributed by atoms with E-state index in [1.807, 2.05) is 6.07 Å². The number of hydrogen-bond acceptors (Lipinski definition) is 11. The van der Waals surface area contributed by atoms with Gasteiger partial charge < -0.3 is 26.4 Å². The molecule has 1 aromatic carbocycles. The Balaban J connectivity index is 0.889. The van der Waals surface area contributed by atoms with Gasteiger partial charge in [0.2, 0.25) is 35.4 Å². The summed E-state index contributed by atoms with van der Waals surface area (Å²) in [7, 11) is 0. The van der Waals surface area contributed by atoms with E-state index < -0.39 is 23.6 Å². The second kappa shape index (κ2) is 23.3. The van der Waals surface area contributed by atoms with Crippen molar-refractivity contribution in [2.24, 2.45) is 11.8 Å². The molecule has 59 heavy (non-hydrogen) atoms. The lowest BCUT2D eigenvalue weighted by molar-refractivity contribution is -0.139. The van der Waals surface area contributed by atoms with Gasteiger partial charge in [-0.25, -0.2) is 0 Å². The number of para-hydroxylation sites is 1. The van der Waals surface area contributed by atoms with Crippen molar-refractivity contribution in [1.29, 1.82) is 0 Å². The molecule has 2 unspecified atom stereocenters. The summed E-state index contributed by atoms with van der Waals surface area (Å²) in [5.74, 6) is -0.826. The molecular formula is C42H59N7O9S. The van der Waals surface area contributed by atoms with Gasteiger partial charge in [0.15, 0.2) is 0 Å². The average molecular weight is 838 g/mol. The molecule has 3 heterocycles. The number of imide groups is 2. The predicted molar refractivity (Wildman–Crippen MR) is 221 cm³/mol. The molecule has 4 aliphatic rings. The number of benzene rings is 1. The van der Waals surface area contributed by atoms with Crippen LogP contribution in [0.25, 0.3) is 0 Å². The summed E-state index contributed by atoms with van der Waals surface area (Å²) in [4.78, 5) is 102.